The van der Waals surface area contributed by atoms with E-state index in [-0.39, 0.29) is 19.1 Å². The third-order valence-corrected chi connectivity index (χ3v) is 2.83. The molecule has 0 aliphatic carbocycles. The van der Waals surface area contributed by atoms with Gasteiger partial charge < -0.3 is 14.9 Å². The number of hydrogen-bond donors (Lipinski definition) is 2. The minimum absolute atomic E-state index is 0.0211. The minimum atomic E-state index is -0.794. The first kappa shape index (κ1) is 11.5. The summed E-state index contributed by atoms with van der Waals surface area (Å²) in [6, 6.07) is 0. The number of ether oxygens (including phenoxy) is 1. The first-order valence-electron chi connectivity index (χ1n) is 5.03. The average Bonchev–Trinajstić information content (AvgIpc) is 2.19. The molecule has 0 amide bonds. The van der Waals surface area contributed by atoms with Crippen LogP contribution in [0.25, 0.3) is 0 Å². The zero-order valence-corrected chi connectivity index (χ0v) is 8.53. The fourth-order valence-electron chi connectivity index (χ4n) is 2.00. The molecule has 1 rings (SSSR count). The van der Waals surface area contributed by atoms with Crippen LogP contribution < -0.4 is 0 Å². The van der Waals surface area contributed by atoms with Crippen molar-refractivity contribution in [2.75, 3.05) is 19.8 Å². The molecular weight excluding hydrogens is 184 g/mol. The van der Waals surface area contributed by atoms with Crippen LogP contribution in [0.5, 0.6) is 0 Å². The molecule has 1 aliphatic heterocycles. The van der Waals surface area contributed by atoms with Crippen LogP contribution in [-0.2, 0) is 9.53 Å². The monoisotopic (exact) mass is 202 g/mol. The van der Waals surface area contributed by atoms with E-state index in [1.165, 1.54) is 0 Å². The highest BCUT2D eigenvalue weighted by atomic mass is 16.5. The van der Waals surface area contributed by atoms with E-state index >= 15 is 0 Å². The molecule has 0 aromatic rings. The van der Waals surface area contributed by atoms with Crippen molar-refractivity contribution in [3.63, 3.8) is 0 Å². The van der Waals surface area contributed by atoms with Gasteiger partial charge in [-0.15, -0.1) is 0 Å². The summed E-state index contributed by atoms with van der Waals surface area (Å²) in [5, 5.41) is 18.1. The Hall–Kier alpha value is -0.610. The van der Waals surface area contributed by atoms with E-state index in [0.717, 1.165) is 6.42 Å². The molecule has 2 N–H and O–H groups in total. The van der Waals surface area contributed by atoms with Crippen molar-refractivity contribution in [3.8, 4) is 0 Å². The maximum absolute atomic E-state index is 11.2. The van der Waals surface area contributed by atoms with Gasteiger partial charge in [0.05, 0.1) is 12.0 Å². The second-order valence-corrected chi connectivity index (χ2v) is 4.23. The Morgan fingerprint density at radius 1 is 1.64 bits per heavy atom. The molecule has 82 valence electrons. The number of aliphatic hydroxyl groups excluding tert-OH is 1. The van der Waals surface area contributed by atoms with Gasteiger partial charge in [0.1, 0.15) is 0 Å². The molecule has 1 fully saturated rings. The van der Waals surface area contributed by atoms with Crippen LogP contribution in [0, 0.1) is 11.3 Å². The predicted octanol–water partition coefficient (Wildman–Crippen LogP) is 0.886. The fraction of sp³-hybridized carbons (Fsp3) is 0.900. The normalized spacial score (nSPS) is 29.9. The van der Waals surface area contributed by atoms with Gasteiger partial charge in [0, 0.05) is 13.2 Å². The molecular formula is C10H18O4. The Kier molecular flexibility index (Phi) is 3.89. The van der Waals surface area contributed by atoms with Gasteiger partial charge in [-0.05, 0) is 25.2 Å². The molecule has 2 atom stereocenters. The zero-order chi connectivity index (χ0) is 10.6. The van der Waals surface area contributed by atoms with Gasteiger partial charge in [0.15, 0.2) is 0 Å². The van der Waals surface area contributed by atoms with Crippen molar-refractivity contribution in [3.05, 3.63) is 0 Å². The molecule has 14 heavy (non-hydrogen) atoms. The Labute approximate surface area is 83.9 Å². The van der Waals surface area contributed by atoms with E-state index in [1.807, 2.05) is 6.92 Å². The number of carbonyl (C=O) groups is 1. The maximum Gasteiger partial charge on any atom is 0.311 e. The van der Waals surface area contributed by atoms with E-state index in [1.54, 1.807) is 0 Å². The molecule has 1 saturated heterocycles. The lowest BCUT2D eigenvalue weighted by Gasteiger charge is -2.34. The third-order valence-electron chi connectivity index (χ3n) is 2.83. The Bertz CT molecular complexity index is 196. The standard InChI is InChI=1S/C10H18O4/c1-8(6-11)5-10(9(12)13)3-2-4-14-7-10/h8,11H,2-7H2,1H3,(H,12,13). The molecule has 0 bridgehead atoms. The van der Waals surface area contributed by atoms with Crippen LogP contribution in [0.4, 0.5) is 0 Å². The van der Waals surface area contributed by atoms with Crippen molar-refractivity contribution in [1.29, 1.82) is 0 Å². The number of rotatable bonds is 4. The molecule has 0 saturated carbocycles. The van der Waals surface area contributed by atoms with E-state index in [9.17, 15) is 9.90 Å². The molecule has 0 aromatic heterocycles. The van der Waals surface area contributed by atoms with E-state index < -0.39 is 11.4 Å². The Morgan fingerprint density at radius 3 is 2.79 bits per heavy atom. The average molecular weight is 202 g/mol. The van der Waals surface area contributed by atoms with E-state index in [4.69, 9.17) is 9.84 Å². The highest BCUT2D eigenvalue weighted by Crippen LogP contribution is 2.35. The van der Waals surface area contributed by atoms with Crippen LogP contribution in [0.1, 0.15) is 26.2 Å². The van der Waals surface area contributed by atoms with E-state index in [0.29, 0.717) is 19.4 Å². The quantitative estimate of drug-likeness (QED) is 0.710. The molecule has 0 spiro atoms. The fourth-order valence-corrected chi connectivity index (χ4v) is 2.00. The summed E-state index contributed by atoms with van der Waals surface area (Å²) >= 11 is 0. The minimum Gasteiger partial charge on any atom is -0.481 e. The highest BCUT2D eigenvalue weighted by molar-refractivity contribution is 5.74. The van der Waals surface area contributed by atoms with Crippen molar-refractivity contribution in [2.24, 2.45) is 11.3 Å². The van der Waals surface area contributed by atoms with Gasteiger partial charge in [-0.25, -0.2) is 0 Å². The summed E-state index contributed by atoms with van der Waals surface area (Å²) in [6.07, 6.45) is 1.95. The SMILES string of the molecule is CC(CO)CC1(C(=O)O)CCCOC1. The summed E-state index contributed by atoms with van der Waals surface area (Å²) in [4.78, 5) is 11.2. The van der Waals surface area contributed by atoms with Gasteiger partial charge in [0.2, 0.25) is 0 Å². The van der Waals surface area contributed by atoms with Gasteiger partial charge in [-0.3, -0.25) is 4.79 Å². The van der Waals surface area contributed by atoms with Gasteiger partial charge >= 0.3 is 5.97 Å². The molecule has 0 aromatic carbocycles. The number of aliphatic hydroxyl groups is 1. The summed E-state index contributed by atoms with van der Waals surface area (Å²) in [5.41, 5.74) is -0.763. The van der Waals surface area contributed by atoms with Gasteiger partial charge in [-0.2, -0.15) is 0 Å². The van der Waals surface area contributed by atoms with Crippen molar-refractivity contribution < 1.29 is 19.7 Å². The smallest absolute Gasteiger partial charge is 0.311 e. The van der Waals surface area contributed by atoms with Crippen molar-refractivity contribution in [2.45, 2.75) is 26.2 Å². The molecule has 4 nitrogen and oxygen atoms in total. The zero-order valence-electron chi connectivity index (χ0n) is 8.53. The molecule has 0 radical (unpaired) electrons. The van der Waals surface area contributed by atoms with Crippen LogP contribution in [0.15, 0.2) is 0 Å². The lowest BCUT2D eigenvalue weighted by molar-refractivity contribution is -0.159. The van der Waals surface area contributed by atoms with Crippen LogP contribution in [-0.4, -0.2) is 36.0 Å². The molecule has 1 aliphatic rings. The summed E-state index contributed by atoms with van der Waals surface area (Å²) in [7, 11) is 0. The number of hydrogen-bond acceptors (Lipinski definition) is 3. The highest BCUT2D eigenvalue weighted by Gasteiger charge is 2.41. The Balaban J connectivity index is 2.65. The summed E-state index contributed by atoms with van der Waals surface area (Å²) in [5.74, 6) is -0.773. The second-order valence-electron chi connectivity index (χ2n) is 4.23. The lowest BCUT2D eigenvalue weighted by atomic mass is 9.76. The first-order chi connectivity index (χ1) is 6.60. The van der Waals surface area contributed by atoms with Crippen molar-refractivity contribution in [1.82, 2.24) is 0 Å². The summed E-state index contributed by atoms with van der Waals surface area (Å²) in [6.45, 7) is 2.84. The largest absolute Gasteiger partial charge is 0.481 e. The Morgan fingerprint density at radius 2 is 2.36 bits per heavy atom. The number of carboxylic acids is 1. The van der Waals surface area contributed by atoms with Gasteiger partial charge in [-0.1, -0.05) is 6.92 Å². The summed E-state index contributed by atoms with van der Waals surface area (Å²) < 4.78 is 5.23. The second kappa shape index (κ2) is 4.75. The number of carboxylic acid groups (broad SMARTS) is 1. The lowest BCUT2D eigenvalue weighted by Crippen LogP contribution is -2.41. The van der Waals surface area contributed by atoms with Crippen LogP contribution in [0.3, 0.4) is 0 Å². The van der Waals surface area contributed by atoms with Crippen LogP contribution in [0.2, 0.25) is 0 Å². The van der Waals surface area contributed by atoms with Crippen molar-refractivity contribution >= 4 is 5.97 Å². The molecule has 1 heterocycles. The molecule has 4 heteroatoms. The first-order valence-corrected chi connectivity index (χ1v) is 5.03. The predicted molar refractivity (Wildman–Crippen MR) is 51.0 cm³/mol. The van der Waals surface area contributed by atoms with Crippen LogP contribution >= 0.6 is 0 Å². The number of aliphatic carboxylic acids is 1. The van der Waals surface area contributed by atoms with Gasteiger partial charge in [0.25, 0.3) is 0 Å². The maximum atomic E-state index is 11.2. The third kappa shape index (κ3) is 2.45. The van der Waals surface area contributed by atoms with E-state index in [2.05, 4.69) is 0 Å². The topological polar surface area (TPSA) is 66.8 Å². The molecule has 2 unspecified atom stereocenters.